The van der Waals surface area contributed by atoms with Crippen molar-refractivity contribution in [2.45, 2.75) is 31.7 Å². The summed E-state index contributed by atoms with van der Waals surface area (Å²) in [4.78, 5) is 20.4. The summed E-state index contributed by atoms with van der Waals surface area (Å²) in [5.41, 5.74) is 2.01. The van der Waals surface area contributed by atoms with Crippen LogP contribution in [0.4, 0.5) is 17.3 Å². The second kappa shape index (κ2) is 6.44. The van der Waals surface area contributed by atoms with E-state index < -0.39 is 4.92 Å². The molecular formula is C11H18N6O3. The highest BCUT2D eigenvalue weighted by Gasteiger charge is 2.31. The number of anilines is 2. The van der Waals surface area contributed by atoms with Gasteiger partial charge in [0, 0.05) is 19.2 Å². The number of nitrogens with one attached hydrogen (secondary N) is 1. The molecule has 0 radical (unpaired) electrons. The van der Waals surface area contributed by atoms with Crippen LogP contribution in [0.5, 0.6) is 0 Å². The summed E-state index contributed by atoms with van der Waals surface area (Å²) in [5, 5.41) is 20.4. The molecule has 0 aliphatic carbocycles. The number of piperidine rings is 1. The number of aromatic nitrogens is 2. The molecule has 1 fully saturated rings. The van der Waals surface area contributed by atoms with Crippen LogP contribution >= 0.6 is 0 Å². The smallest absolute Gasteiger partial charge is 0.354 e. The number of aliphatic hydroxyl groups excluding tert-OH is 1. The topological polar surface area (TPSA) is 130 Å². The van der Waals surface area contributed by atoms with Crippen molar-refractivity contribution in [3.63, 3.8) is 0 Å². The molecule has 110 valence electrons. The summed E-state index contributed by atoms with van der Waals surface area (Å²) in [7, 11) is 0. The summed E-state index contributed by atoms with van der Waals surface area (Å²) in [6.45, 7) is 0.717. The van der Waals surface area contributed by atoms with E-state index >= 15 is 0 Å². The van der Waals surface area contributed by atoms with Crippen molar-refractivity contribution in [2.75, 3.05) is 23.5 Å². The quantitative estimate of drug-likeness (QED) is 0.402. The van der Waals surface area contributed by atoms with Gasteiger partial charge in [0.2, 0.25) is 11.6 Å². The number of aliphatic hydroxyl groups is 1. The maximum Gasteiger partial charge on any atom is 0.354 e. The van der Waals surface area contributed by atoms with Gasteiger partial charge in [0.25, 0.3) is 0 Å². The molecule has 0 amide bonds. The van der Waals surface area contributed by atoms with Crippen molar-refractivity contribution in [3.8, 4) is 0 Å². The van der Waals surface area contributed by atoms with E-state index in [0.29, 0.717) is 13.0 Å². The first-order chi connectivity index (χ1) is 9.69. The number of nitrogens with two attached hydrogens (primary N) is 1. The van der Waals surface area contributed by atoms with Gasteiger partial charge in [0.05, 0.1) is 4.92 Å². The Labute approximate surface area is 115 Å². The fourth-order valence-corrected chi connectivity index (χ4v) is 2.58. The lowest BCUT2D eigenvalue weighted by Gasteiger charge is -2.36. The number of nitrogens with zero attached hydrogens (tertiary/aromatic N) is 4. The van der Waals surface area contributed by atoms with Gasteiger partial charge in [0.1, 0.15) is 6.33 Å². The minimum Gasteiger partial charge on any atom is -0.396 e. The summed E-state index contributed by atoms with van der Waals surface area (Å²) in [6, 6.07) is 0.0491. The molecule has 2 heterocycles. The maximum atomic E-state index is 11.3. The van der Waals surface area contributed by atoms with Crippen LogP contribution in [0.3, 0.4) is 0 Å². The summed E-state index contributed by atoms with van der Waals surface area (Å²) >= 11 is 0. The third-order valence-corrected chi connectivity index (χ3v) is 3.48. The molecule has 0 spiro atoms. The van der Waals surface area contributed by atoms with Crippen molar-refractivity contribution in [2.24, 2.45) is 5.84 Å². The van der Waals surface area contributed by atoms with E-state index in [0.717, 1.165) is 19.3 Å². The van der Waals surface area contributed by atoms with Gasteiger partial charge in [-0.3, -0.25) is 10.1 Å². The lowest BCUT2D eigenvalue weighted by Crippen LogP contribution is -2.41. The molecule has 1 aliphatic rings. The molecule has 1 saturated heterocycles. The Balaban J connectivity index is 2.41. The van der Waals surface area contributed by atoms with Crippen molar-refractivity contribution in [3.05, 3.63) is 16.4 Å². The van der Waals surface area contributed by atoms with Gasteiger partial charge in [-0.1, -0.05) is 0 Å². The molecule has 0 bridgehead atoms. The maximum absolute atomic E-state index is 11.3. The minimum atomic E-state index is -0.533. The van der Waals surface area contributed by atoms with Gasteiger partial charge in [0.15, 0.2) is 0 Å². The van der Waals surface area contributed by atoms with Crippen molar-refractivity contribution < 1.29 is 10.0 Å². The van der Waals surface area contributed by atoms with Gasteiger partial charge in [-0.15, -0.1) is 0 Å². The van der Waals surface area contributed by atoms with Crippen LogP contribution < -0.4 is 16.2 Å². The lowest BCUT2D eigenvalue weighted by atomic mass is 9.99. The van der Waals surface area contributed by atoms with E-state index in [9.17, 15) is 10.1 Å². The molecule has 1 aliphatic heterocycles. The van der Waals surface area contributed by atoms with Crippen LogP contribution in [0.25, 0.3) is 0 Å². The average molecular weight is 282 g/mol. The molecule has 1 atom stereocenters. The normalized spacial score (nSPS) is 18.9. The number of nitro groups is 1. The Bertz CT molecular complexity index is 481. The van der Waals surface area contributed by atoms with Crippen molar-refractivity contribution >= 4 is 17.3 Å². The monoisotopic (exact) mass is 282 g/mol. The van der Waals surface area contributed by atoms with E-state index in [-0.39, 0.29) is 30.0 Å². The number of hydrogen-bond acceptors (Lipinski definition) is 8. The zero-order chi connectivity index (χ0) is 14.5. The SMILES string of the molecule is NNc1ncnc(N2CCCCC2CCO)c1[N+](=O)[O-]. The molecule has 2 rings (SSSR count). The average Bonchev–Trinajstić information content (AvgIpc) is 2.47. The molecule has 9 heteroatoms. The molecule has 20 heavy (non-hydrogen) atoms. The first-order valence-corrected chi connectivity index (χ1v) is 6.52. The van der Waals surface area contributed by atoms with Gasteiger partial charge < -0.3 is 15.4 Å². The Kier molecular flexibility index (Phi) is 4.64. The van der Waals surface area contributed by atoms with Crippen LogP contribution in [-0.4, -0.2) is 39.2 Å². The number of hydrazine groups is 1. The molecule has 1 unspecified atom stereocenters. The molecule has 9 nitrogen and oxygen atoms in total. The lowest BCUT2D eigenvalue weighted by molar-refractivity contribution is -0.383. The molecule has 0 saturated carbocycles. The first kappa shape index (κ1) is 14.4. The van der Waals surface area contributed by atoms with E-state index in [1.165, 1.54) is 6.33 Å². The molecule has 4 N–H and O–H groups in total. The van der Waals surface area contributed by atoms with Gasteiger partial charge >= 0.3 is 5.69 Å². The van der Waals surface area contributed by atoms with Crippen molar-refractivity contribution in [1.29, 1.82) is 0 Å². The molecule has 1 aromatic rings. The first-order valence-electron chi connectivity index (χ1n) is 6.52. The Morgan fingerprint density at radius 3 is 3.00 bits per heavy atom. The second-order valence-corrected chi connectivity index (χ2v) is 4.65. The second-order valence-electron chi connectivity index (χ2n) is 4.65. The van der Waals surface area contributed by atoms with Crippen LogP contribution in [0.15, 0.2) is 6.33 Å². The zero-order valence-corrected chi connectivity index (χ0v) is 11.0. The molecular weight excluding hydrogens is 264 g/mol. The summed E-state index contributed by atoms with van der Waals surface area (Å²) < 4.78 is 0. The van der Waals surface area contributed by atoms with Crippen LogP contribution in [0.1, 0.15) is 25.7 Å². The van der Waals surface area contributed by atoms with E-state index in [1.54, 1.807) is 0 Å². The largest absolute Gasteiger partial charge is 0.396 e. The van der Waals surface area contributed by atoms with Gasteiger partial charge in [-0.05, 0) is 25.7 Å². The van der Waals surface area contributed by atoms with E-state index in [4.69, 9.17) is 10.9 Å². The molecule has 1 aromatic heterocycles. The van der Waals surface area contributed by atoms with E-state index in [1.807, 2.05) is 4.90 Å². The number of hydrogen-bond donors (Lipinski definition) is 3. The van der Waals surface area contributed by atoms with Crippen LogP contribution in [0.2, 0.25) is 0 Å². The highest BCUT2D eigenvalue weighted by atomic mass is 16.6. The third-order valence-electron chi connectivity index (χ3n) is 3.48. The predicted octanol–water partition coefficient (Wildman–Crippen LogP) is 0.412. The Morgan fingerprint density at radius 1 is 1.55 bits per heavy atom. The Hall–Kier alpha value is -2.00. The highest BCUT2D eigenvalue weighted by Crippen LogP contribution is 2.35. The van der Waals surface area contributed by atoms with Crippen LogP contribution in [0, 0.1) is 10.1 Å². The Morgan fingerprint density at radius 2 is 2.35 bits per heavy atom. The summed E-state index contributed by atoms with van der Waals surface area (Å²) in [6.07, 6.45) is 4.68. The molecule has 0 aromatic carbocycles. The fraction of sp³-hybridized carbons (Fsp3) is 0.636. The zero-order valence-electron chi connectivity index (χ0n) is 11.0. The van der Waals surface area contributed by atoms with Gasteiger partial charge in [-0.25, -0.2) is 15.8 Å². The highest BCUT2D eigenvalue weighted by molar-refractivity contribution is 5.70. The number of rotatable bonds is 5. The van der Waals surface area contributed by atoms with Crippen LogP contribution in [-0.2, 0) is 0 Å². The van der Waals surface area contributed by atoms with Gasteiger partial charge in [-0.2, -0.15) is 0 Å². The fourth-order valence-electron chi connectivity index (χ4n) is 2.58. The third kappa shape index (κ3) is 2.78. The predicted molar refractivity (Wildman–Crippen MR) is 73.2 cm³/mol. The van der Waals surface area contributed by atoms with E-state index in [2.05, 4.69) is 15.4 Å². The standard InChI is InChI=1S/C11H18N6O3/c12-15-10-9(17(19)20)11(14-7-13-10)16-5-2-1-3-8(16)4-6-18/h7-8,18H,1-6,12H2,(H,13,14,15). The summed E-state index contributed by atoms with van der Waals surface area (Å²) in [5.74, 6) is 5.53. The van der Waals surface area contributed by atoms with Crippen molar-refractivity contribution in [1.82, 2.24) is 9.97 Å². The number of nitrogen functional groups attached to an aromatic ring is 1. The minimum absolute atomic E-state index is 0.00618.